The molecule has 2 aromatic rings. The number of nitrogens with zero attached hydrogens (tertiary/aromatic N) is 3. The number of amides is 1. The number of carbonyl (C=O) groups is 1. The van der Waals surface area contributed by atoms with E-state index in [1.807, 2.05) is 12.1 Å². The van der Waals surface area contributed by atoms with Gasteiger partial charge >= 0.3 is 0 Å². The third-order valence-corrected chi connectivity index (χ3v) is 5.85. The molecule has 140 valence electrons. The quantitative estimate of drug-likeness (QED) is 0.770. The zero-order valence-corrected chi connectivity index (χ0v) is 16.0. The summed E-state index contributed by atoms with van der Waals surface area (Å²) in [5.41, 5.74) is 0.872. The van der Waals surface area contributed by atoms with Crippen LogP contribution in [0.2, 0.25) is 5.02 Å². The van der Waals surface area contributed by atoms with Crippen LogP contribution in [0.3, 0.4) is 0 Å². The summed E-state index contributed by atoms with van der Waals surface area (Å²) in [4.78, 5) is 18.2. The molecule has 0 atom stereocenters. The number of aryl methyl sites for hydroxylation is 1. The Morgan fingerprint density at radius 2 is 1.85 bits per heavy atom. The van der Waals surface area contributed by atoms with E-state index in [0.717, 1.165) is 5.56 Å². The van der Waals surface area contributed by atoms with Crippen molar-refractivity contribution in [1.82, 2.24) is 14.2 Å². The van der Waals surface area contributed by atoms with Crippen LogP contribution in [-0.2, 0) is 21.2 Å². The van der Waals surface area contributed by atoms with Gasteiger partial charge < -0.3 is 9.32 Å². The standard InChI is InChI=1S/C17H20ClN3O4S/c1-26(23,24)21-10-8-20(9-11-21)17(22)7-6-16-19-12-15(25-16)13-2-4-14(18)5-3-13/h2-5,12H,6-11H2,1H3. The monoisotopic (exact) mass is 397 g/mol. The number of aromatic nitrogens is 1. The topological polar surface area (TPSA) is 83.7 Å². The first-order valence-corrected chi connectivity index (χ1v) is 10.5. The molecule has 1 amide bonds. The SMILES string of the molecule is CS(=O)(=O)N1CCN(C(=O)CCc2ncc(-c3ccc(Cl)cc3)o2)CC1. The molecule has 1 aromatic heterocycles. The first-order chi connectivity index (χ1) is 12.3. The zero-order chi connectivity index (χ0) is 18.7. The fraction of sp³-hybridized carbons (Fsp3) is 0.412. The van der Waals surface area contributed by atoms with Crippen LogP contribution in [0.15, 0.2) is 34.9 Å². The Morgan fingerprint density at radius 3 is 2.46 bits per heavy atom. The molecule has 1 aliphatic rings. The molecular weight excluding hydrogens is 378 g/mol. The van der Waals surface area contributed by atoms with Gasteiger partial charge in [-0.05, 0) is 24.3 Å². The summed E-state index contributed by atoms with van der Waals surface area (Å²) in [5.74, 6) is 1.10. The molecule has 26 heavy (non-hydrogen) atoms. The predicted molar refractivity (Wildman–Crippen MR) is 98.3 cm³/mol. The van der Waals surface area contributed by atoms with Gasteiger partial charge in [-0.2, -0.15) is 4.31 Å². The largest absolute Gasteiger partial charge is 0.441 e. The number of rotatable bonds is 5. The Morgan fingerprint density at radius 1 is 1.19 bits per heavy atom. The van der Waals surface area contributed by atoms with E-state index in [0.29, 0.717) is 49.3 Å². The molecule has 1 aliphatic heterocycles. The summed E-state index contributed by atoms with van der Waals surface area (Å²) in [7, 11) is -3.19. The molecule has 1 aromatic carbocycles. The number of halogens is 1. The van der Waals surface area contributed by atoms with E-state index in [-0.39, 0.29) is 12.3 Å². The van der Waals surface area contributed by atoms with Crippen molar-refractivity contribution in [2.45, 2.75) is 12.8 Å². The van der Waals surface area contributed by atoms with Crippen LogP contribution < -0.4 is 0 Å². The summed E-state index contributed by atoms with van der Waals surface area (Å²) < 4.78 is 30.1. The zero-order valence-electron chi connectivity index (χ0n) is 14.4. The lowest BCUT2D eigenvalue weighted by molar-refractivity contribution is -0.132. The van der Waals surface area contributed by atoms with Gasteiger partial charge in [0, 0.05) is 49.6 Å². The van der Waals surface area contributed by atoms with Gasteiger partial charge in [0.15, 0.2) is 11.7 Å². The number of benzene rings is 1. The third-order valence-electron chi connectivity index (χ3n) is 4.30. The summed E-state index contributed by atoms with van der Waals surface area (Å²) in [6, 6.07) is 7.25. The van der Waals surface area contributed by atoms with Crippen molar-refractivity contribution in [3.63, 3.8) is 0 Å². The van der Waals surface area contributed by atoms with Crippen molar-refractivity contribution in [1.29, 1.82) is 0 Å². The number of oxazole rings is 1. The minimum atomic E-state index is -3.19. The van der Waals surface area contributed by atoms with Crippen LogP contribution >= 0.6 is 11.6 Å². The van der Waals surface area contributed by atoms with Gasteiger partial charge in [0.1, 0.15) is 0 Å². The highest BCUT2D eigenvalue weighted by Gasteiger charge is 2.25. The van der Waals surface area contributed by atoms with E-state index in [2.05, 4.69) is 4.98 Å². The maximum Gasteiger partial charge on any atom is 0.223 e. The van der Waals surface area contributed by atoms with Crippen LogP contribution in [-0.4, -0.2) is 60.9 Å². The summed E-state index contributed by atoms with van der Waals surface area (Å²) >= 11 is 5.87. The highest BCUT2D eigenvalue weighted by Crippen LogP contribution is 2.22. The number of hydrogen-bond donors (Lipinski definition) is 0. The summed E-state index contributed by atoms with van der Waals surface area (Å²) in [5, 5.41) is 0.648. The number of piperazine rings is 1. The Labute approximate surface area is 157 Å². The smallest absolute Gasteiger partial charge is 0.223 e. The molecular formula is C17H20ClN3O4S. The lowest BCUT2D eigenvalue weighted by Crippen LogP contribution is -2.50. The Kier molecular flexibility index (Phi) is 5.64. The molecule has 0 radical (unpaired) electrons. The van der Waals surface area contributed by atoms with Crippen molar-refractivity contribution in [3.8, 4) is 11.3 Å². The second-order valence-corrected chi connectivity index (χ2v) is 8.59. The molecule has 2 heterocycles. The van der Waals surface area contributed by atoms with Crippen molar-refractivity contribution < 1.29 is 17.6 Å². The predicted octanol–water partition coefficient (Wildman–Crippen LogP) is 2.03. The average Bonchev–Trinajstić information content (AvgIpc) is 3.08. The average molecular weight is 398 g/mol. The van der Waals surface area contributed by atoms with E-state index < -0.39 is 10.0 Å². The van der Waals surface area contributed by atoms with E-state index >= 15 is 0 Å². The first-order valence-electron chi connectivity index (χ1n) is 8.26. The summed E-state index contributed by atoms with van der Waals surface area (Å²) in [6.07, 6.45) is 3.50. The molecule has 0 spiro atoms. The van der Waals surface area contributed by atoms with Gasteiger partial charge in [-0.25, -0.2) is 13.4 Å². The highest BCUT2D eigenvalue weighted by molar-refractivity contribution is 7.88. The lowest BCUT2D eigenvalue weighted by Gasteiger charge is -2.33. The minimum absolute atomic E-state index is 0.0237. The molecule has 0 unspecified atom stereocenters. The fourth-order valence-electron chi connectivity index (χ4n) is 2.81. The van der Waals surface area contributed by atoms with Gasteiger partial charge in [-0.15, -0.1) is 0 Å². The maximum absolute atomic E-state index is 12.3. The molecule has 9 heteroatoms. The van der Waals surface area contributed by atoms with Gasteiger partial charge in [0.25, 0.3) is 0 Å². The normalized spacial score (nSPS) is 16.0. The van der Waals surface area contributed by atoms with Crippen molar-refractivity contribution in [2.75, 3.05) is 32.4 Å². The molecule has 0 saturated carbocycles. The second-order valence-electron chi connectivity index (χ2n) is 6.17. The van der Waals surface area contributed by atoms with Gasteiger partial charge in [0.05, 0.1) is 12.5 Å². The van der Waals surface area contributed by atoms with Crippen LogP contribution in [0.4, 0.5) is 0 Å². The minimum Gasteiger partial charge on any atom is -0.441 e. The van der Waals surface area contributed by atoms with Gasteiger partial charge in [-0.1, -0.05) is 11.6 Å². The molecule has 7 nitrogen and oxygen atoms in total. The Hall–Kier alpha value is -1.90. The Bertz CT molecular complexity index is 872. The molecule has 1 saturated heterocycles. The van der Waals surface area contributed by atoms with Crippen molar-refractivity contribution in [2.24, 2.45) is 0 Å². The van der Waals surface area contributed by atoms with E-state index in [1.54, 1.807) is 23.2 Å². The maximum atomic E-state index is 12.3. The van der Waals surface area contributed by atoms with E-state index in [4.69, 9.17) is 16.0 Å². The summed E-state index contributed by atoms with van der Waals surface area (Å²) in [6.45, 7) is 1.50. The van der Waals surface area contributed by atoms with Crippen molar-refractivity contribution >= 4 is 27.5 Å². The molecule has 0 N–H and O–H groups in total. The fourth-order valence-corrected chi connectivity index (χ4v) is 3.77. The molecule has 3 rings (SSSR count). The second kappa shape index (κ2) is 7.77. The van der Waals surface area contributed by atoms with Crippen molar-refractivity contribution in [3.05, 3.63) is 41.4 Å². The van der Waals surface area contributed by atoms with Crippen LogP contribution in [0.25, 0.3) is 11.3 Å². The lowest BCUT2D eigenvalue weighted by atomic mass is 10.2. The number of carbonyl (C=O) groups excluding carboxylic acids is 1. The molecule has 1 fully saturated rings. The molecule has 0 aliphatic carbocycles. The van der Waals surface area contributed by atoms with E-state index in [9.17, 15) is 13.2 Å². The van der Waals surface area contributed by atoms with Crippen LogP contribution in [0, 0.1) is 0 Å². The van der Waals surface area contributed by atoms with Gasteiger partial charge in [0.2, 0.25) is 15.9 Å². The van der Waals surface area contributed by atoms with Crippen LogP contribution in [0.1, 0.15) is 12.3 Å². The first kappa shape index (κ1) is 18.9. The number of hydrogen-bond acceptors (Lipinski definition) is 5. The van der Waals surface area contributed by atoms with Crippen LogP contribution in [0.5, 0.6) is 0 Å². The third kappa shape index (κ3) is 4.63. The highest BCUT2D eigenvalue weighted by atomic mass is 35.5. The van der Waals surface area contributed by atoms with Gasteiger partial charge in [-0.3, -0.25) is 4.79 Å². The Balaban J connectivity index is 1.52. The number of sulfonamides is 1. The molecule has 0 bridgehead atoms. The van der Waals surface area contributed by atoms with E-state index in [1.165, 1.54) is 10.6 Å².